The molecule has 6 heteroatoms. The topological polar surface area (TPSA) is 52.7 Å². The molecule has 1 heterocycles. The van der Waals surface area contributed by atoms with Crippen molar-refractivity contribution < 1.29 is 9.59 Å². The van der Waals surface area contributed by atoms with Crippen molar-refractivity contribution in [2.75, 3.05) is 32.7 Å². The lowest BCUT2D eigenvalue weighted by Crippen LogP contribution is -2.53. The molecule has 2 rings (SSSR count). The quantitative estimate of drug-likeness (QED) is 0.693. The van der Waals surface area contributed by atoms with Gasteiger partial charge in [0.15, 0.2) is 0 Å². The molecule has 1 fully saturated rings. The van der Waals surface area contributed by atoms with Gasteiger partial charge < -0.3 is 10.2 Å². The van der Waals surface area contributed by atoms with E-state index in [4.69, 9.17) is 0 Å². The summed E-state index contributed by atoms with van der Waals surface area (Å²) in [7, 11) is 0. The lowest BCUT2D eigenvalue weighted by molar-refractivity contribution is -0.133. The van der Waals surface area contributed by atoms with Crippen molar-refractivity contribution in [3.63, 3.8) is 0 Å². The zero-order valence-corrected chi connectivity index (χ0v) is 17.8. The molecule has 0 unspecified atom stereocenters. The molecule has 27 heavy (non-hydrogen) atoms. The summed E-state index contributed by atoms with van der Waals surface area (Å²) in [4.78, 5) is 30.4. The molecule has 0 spiro atoms. The number of hydrogen-bond acceptors (Lipinski definition) is 4. The average Bonchev–Trinajstić information content (AvgIpc) is 2.66. The highest BCUT2D eigenvalue weighted by molar-refractivity contribution is 8.00. The molecule has 0 saturated carbocycles. The van der Waals surface area contributed by atoms with Crippen molar-refractivity contribution in [3.05, 3.63) is 30.3 Å². The number of hydrogen-bond donors (Lipinski definition) is 1. The minimum absolute atomic E-state index is 0.0730. The molecule has 150 valence electrons. The van der Waals surface area contributed by atoms with Crippen LogP contribution in [0, 0.1) is 5.92 Å². The van der Waals surface area contributed by atoms with E-state index in [1.54, 1.807) is 11.8 Å². The Morgan fingerprint density at radius 3 is 2.26 bits per heavy atom. The molecule has 1 saturated heterocycles. The average molecular weight is 392 g/mol. The fraction of sp³-hybridized carbons (Fsp3) is 0.619. The third-order valence-corrected chi connectivity index (χ3v) is 6.47. The minimum atomic E-state index is -0.0762. The van der Waals surface area contributed by atoms with Gasteiger partial charge in [-0.3, -0.25) is 14.5 Å². The summed E-state index contributed by atoms with van der Waals surface area (Å²) in [5, 5.41) is 2.93. The second-order valence-corrected chi connectivity index (χ2v) is 8.79. The smallest absolute Gasteiger partial charge is 0.236 e. The zero-order chi connectivity index (χ0) is 19.8. The molecule has 0 radical (unpaired) electrons. The van der Waals surface area contributed by atoms with Crippen LogP contribution in [0.3, 0.4) is 0 Å². The van der Waals surface area contributed by atoms with Crippen LogP contribution in [-0.2, 0) is 9.59 Å². The maximum Gasteiger partial charge on any atom is 0.236 e. The molecular weight excluding hydrogens is 358 g/mol. The highest BCUT2D eigenvalue weighted by Gasteiger charge is 2.30. The molecule has 1 aromatic rings. The van der Waals surface area contributed by atoms with Crippen LogP contribution in [0.5, 0.6) is 0 Å². The Morgan fingerprint density at radius 2 is 1.70 bits per heavy atom. The Kier molecular flexibility index (Phi) is 8.64. The van der Waals surface area contributed by atoms with Crippen molar-refractivity contribution in [3.8, 4) is 0 Å². The van der Waals surface area contributed by atoms with E-state index in [9.17, 15) is 9.59 Å². The Hall–Kier alpha value is -1.53. The van der Waals surface area contributed by atoms with Crippen LogP contribution in [-0.4, -0.2) is 65.6 Å². The third kappa shape index (κ3) is 6.85. The van der Waals surface area contributed by atoms with Crippen LogP contribution < -0.4 is 5.32 Å². The lowest BCUT2D eigenvalue weighted by Gasteiger charge is -2.36. The summed E-state index contributed by atoms with van der Waals surface area (Å²) in [5.74, 6) is 0.549. The summed E-state index contributed by atoms with van der Waals surface area (Å²) < 4.78 is 0. The monoisotopic (exact) mass is 391 g/mol. The van der Waals surface area contributed by atoms with Gasteiger partial charge in [-0.2, -0.15) is 0 Å². The highest BCUT2D eigenvalue weighted by Crippen LogP contribution is 2.29. The van der Waals surface area contributed by atoms with Crippen molar-refractivity contribution >= 4 is 23.6 Å². The van der Waals surface area contributed by atoms with Crippen LogP contribution in [0.15, 0.2) is 35.2 Å². The Balaban J connectivity index is 1.86. The van der Waals surface area contributed by atoms with Gasteiger partial charge in [0.05, 0.1) is 11.8 Å². The van der Waals surface area contributed by atoms with Gasteiger partial charge in [-0.1, -0.05) is 39.0 Å². The first kappa shape index (κ1) is 21.8. The van der Waals surface area contributed by atoms with E-state index in [1.165, 1.54) is 0 Å². The molecule has 2 atom stereocenters. The van der Waals surface area contributed by atoms with E-state index >= 15 is 0 Å². The van der Waals surface area contributed by atoms with Gasteiger partial charge >= 0.3 is 0 Å². The van der Waals surface area contributed by atoms with Gasteiger partial charge in [-0.15, -0.1) is 11.8 Å². The maximum absolute atomic E-state index is 13.1. The molecule has 0 bridgehead atoms. The van der Waals surface area contributed by atoms with Crippen LogP contribution in [0.1, 0.15) is 34.1 Å². The Morgan fingerprint density at radius 1 is 1.07 bits per heavy atom. The van der Waals surface area contributed by atoms with E-state index in [0.717, 1.165) is 24.4 Å². The van der Waals surface area contributed by atoms with Crippen molar-refractivity contribution in [1.29, 1.82) is 0 Å². The van der Waals surface area contributed by atoms with Gasteiger partial charge in [0.1, 0.15) is 0 Å². The predicted molar refractivity (Wildman–Crippen MR) is 112 cm³/mol. The third-order valence-electron chi connectivity index (χ3n) is 4.93. The van der Waals surface area contributed by atoms with Crippen LogP contribution >= 0.6 is 11.8 Å². The van der Waals surface area contributed by atoms with Crippen LogP contribution in [0.4, 0.5) is 0 Å². The molecular formula is C21H33N3O2S. The molecule has 0 aromatic heterocycles. The first-order valence-corrected chi connectivity index (χ1v) is 10.8. The van der Waals surface area contributed by atoms with Gasteiger partial charge in [0.25, 0.3) is 0 Å². The highest BCUT2D eigenvalue weighted by atomic mass is 32.2. The summed E-state index contributed by atoms with van der Waals surface area (Å²) in [6.07, 6.45) is 0.934. The van der Waals surface area contributed by atoms with Gasteiger partial charge in [0.2, 0.25) is 11.8 Å². The number of piperazine rings is 1. The number of nitrogens with one attached hydrogen (secondary N) is 1. The van der Waals surface area contributed by atoms with E-state index in [-0.39, 0.29) is 29.0 Å². The number of rotatable bonds is 8. The number of benzene rings is 1. The van der Waals surface area contributed by atoms with Crippen LogP contribution in [0.2, 0.25) is 0 Å². The second kappa shape index (κ2) is 10.7. The summed E-state index contributed by atoms with van der Waals surface area (Å²) >= 11 is 1.65. The zero-order valence-electron chi connectivity index (χ0n) is 17.0. The second-order valence-electron chi connectivity index (χ2n) is 7.57. The van der Waals surface area contributed by atoms with Crippen LogP contribution in [0.25, 0.3) is 0 Å². The normalized spacial score (nSPS) is 17.6. The summed E-state index contributed by atoms with van der Waals surface area (Å²) in [6.45, 7) is 11.6. The van der Waals surface area contributed by atoms with Crippen molar-refractivity contribution in [2.45, 2.75) is 50.3 Å². The number of nitrogens with zero attached hydrogens (tertiary/aromatic N) is 2. The predicted octanol–water partition coefficient (Wildman–Crippen LogP) is 2.86. The Bertz CT molecular complexity index is 601. The van der Waals surface area contributed by atoms with Gasteiger partial charge in [-0.25, -0.2) is 0 Å². The molecule has 1 aliphatic rings. The number of amides is 2. The molecule has 1 aliphatic heterocycles. The Labute approximate surface area is 167 Å². The lowest BCUT2D eigenvalue weighted by atomic mass is 10.1. The van der Waals surface area contributed by atoms with E-state index in [1.807, 2.05) is 30.0 Å². The summed E-state index contributed by atoms with van der Waals surface area (Å²) in [6, 6.07) is 10.3. The number of thioether (sulfide) groups is 1. The first-order valence-electron chi connectivity index (χ1n) is 9.93. The molecule has 1 N–H and O–H groups in total. The van der Waals surface area contributed by atoms with Gasteiger partial charge in [0, 0.05) is 37.1 Å². The van der Waals surface area contributed by atoms with E-state index in [0.29, 0.717) is 19.6 Å². The first-order chi connectivity index (χ1) is 12.9. The fourth-order valence-electron chi connectivity index (χ4n) is 3.05. The number of carbonyl (C=O) groups is 2. The number of carbonyl (C=O) groups excluding carboxylic acids is 2. The van der Waals surface area contributed by atoms with Crippen molar-refractivity contribution in [1.82, 2.24) is 15.1 Å². The maximum atomic E-state index is 13.1. The molecule has 2 amide bonds. The van der Waals surface area contributed by atoms with E-state index < -0.39 is 0 Å². The molecule has 0 aliphatic carbocycles. The molecule has 5 nitrogen and oxygen atoms in total. The van der Waals surface area contributed by atoms with Crippen molar-refractivity contribution in [2.24, 2.45) is 5.92 Å². The summed E-state index contributed by atoms with van der Waals surface area (Å²) in [5.41, 5.74) is 0. The minimum Gasteiger partial charge on any atom is -0.353 e. The largest absolute Gasteiger partial charge is 0.353 e. The SMILES string of the molecule is CC[C@H](C)NC(=O)CN1CCN(C(=O)[C@H](Sc2ccccc2)C(C)C)CC1. The van der Waals surface area contributed by atoms with Gasteiger partial charge in [-0.05, 0) is 31.4 Å². The van der Waals surface area contributed by atoms with E-state index in [2.05, 4.69) is 43.1 Å². The molecule has 1 aromatic carbocycles. The standard InChI is InChI=1S/C21H33N3O2S/c1-5-17(4)22-19(25)15-23-11-13-24(14-12-23)21(26)20(16(2)3)27-18-9-7-6-8-10-18/h6-10,16-17,20H,5,11-15H2,1-4H3,(H,22,25)/t17-,20+/m0/s1. The fourth-order valence-corrected chi connectivity index (χ4v) is 4.18.